The Kier molecular flexibility index (Phi) is 6.79. The van der Waals surface area contributed by atoms with Crippen LogP contribution in [0, 0.1) is 19.8 Å². The summed E-state index contributed by atoms with van der Waals surface area (Å²) < 4.78 is 5.61. The molecule has 126 valence electrons. The van der Waals surface area contributed by atoms with Crippen molar-refractivity contribution in [3.8, 4) is 11.5 Å². The molecule has 1 amide bonds. The second-order valence-electron chi connectivity index (χ2n) is 5.64. The highest BCUT2D eigenvalue weighted by Gasteiger charge is 2.19. The van der Waals surface area contributed by atoms with Crippen LogP contribution in [0.25, 0.3) is 11.5 Å². The summed E-state index contributed by atoms with van der Waals surface area (Å²) >= 11 is 0. The lowest BCUT2D eigenvalue weighted by Gasteiger charge is -2.17. The molecule has 1 aromatic carbocycles. The largest absolute Gasteiger partial charge is 0.441 e. The fourth-order valence-electron chi connectivity index (χ4n) is 2.06. The average molecular weight is 338 g/mol. The van der Waals surface area contributed by atoms with Crippen molar-refractivity contribution in [2.45, 2.75) is 40.2 Å². The van der Waals surface area contributed by atoms with Crippen LogP contribution >= 0.6 is 12.4 Å². The van der Waals surface area contributed by atoms with Gasteiger partial charge in [0.05, 0.1) is 11.7 Å². The van der Waals surface area contributed by atoms with E-state index in [0.29, 0.717) is 11.6 Å². The molecule has 0 aliphatic rings. The van der Waals surface area contributed by atoms with Gasteiger partial charge in [0.2, 0.25) is 11.8 Å². The first-order valence-electron chi connectivity index (χ1n) is 7.53. The lowest BCUT2D eigenvalue weighted by molar-refractivity contribution is -0.118. The topological polar surface area (TPSA) is 81.2 Å². The molecule has 2 rings (SSSR count). The maximum atomic E-state index is 12.1. The van der Waals surface area contributed by atoms with Crippen molar-refractivity contribution in [1.29, 1.82) is 0 Å². The zero-order valence-electron chi connectivity index (χ0n) is 13.9. The highest BCUT2D eigenvalue weighted by Crippen LogP contribution is 2.24. The predicted molar refractivity (Wildman–Crippen MR) is 94.7 cm³/mol. The highest BCUT2D eigenvalue weighted by atomic mass is 35.5. The second kappa shape index (κ2) is 8.13. The van der Waals surface area contributed by atoms with Crippen molar-refractivity contribution in [1.82, 2.24) is 4.98 Å². The van der Waals surface area contributed by atoms with E-state index in [1.165, 1.54) is 0 Å². The molecular formula is C17H24ClN3O2. The van der Waals surface area contributed by atoms with Crippen LogP contribution in [0.1, 0.15) is 31.7 Å². The molecule has 0 aliphatic heterocycles. The van der Waals surface area contributed by atoms with Gasteiger partial charge < -0.3 is 15.5 Å². The molecule has 0 aliphatic carbocycles. The molecule has 2 atom stereocenters. The number of anilines is 1. The molecule has 0 spiro atoms. The molecule has 5 nitrogen and oxygen atoms in total. The Bertz CT molecular complexity index is 650. The summed E-state index contributed by atoms with van der Waals surface area (Å²) in [6.07, 6.45) is 0.865. The Balaban J connectivity index is 0.00000264. The van der Waals surface area contributed by atoms with E-state index in [9.17, 15) is 4.79 Å². The number of nitrogens with zero attached hydrogens (tertiary/aromatic N) is 1. The van der Waals surface area contributed by atoms with E-state index in [1.807, 2.05) is 52.0 Å². The lowest BCUT2D eigenvalue weighted by atomic mass is 9.99. The Morgan fingerprint density at radius 1 is 1.39 bits per heavy atom. The SMILES string of the molecule is CCC(C)C(N)C(=O)Nc1cccc(-c2nc(C)c(C)o2)c1.Cl. The number of nitrogens with one attached hydrogen (secondary N) is 1. The van der Waals surface area contributed by atoms with Crippen LogP contribution in [-0.4, -0.2) is 16.9 Å². The zero-order chi connectivity index (χ0) is 16.3. The van der Waals surface area contributed by atoms with Gasteiger partial charge in [-0.15, -0.1) is 12.4 Å². The molecule has 2 aromatic rings. The molecule has 0 radical (unpaired) electrons. The van der Waals surface area contributed by atoms with Gasteiger partial charge in [0, 0.05) is 11.3 Å². The summed E-state index contributed by atoms with van der Waals surface area (Å²) in [5.74, 6) is 1.31. The minimum atomic E-state index is -0.514. The van der Waals surface area contributed by atoms with Gasteiger partial charge in [-0.1, -0.05) is 26.3 Å². The number of rotatable bonds is 5. The van der Waals surface area contributed by atoms with Crippen molar-refractivity contribution in [3.05, 3.63) is 35.7 Å². The molecule has 0 bridgehead atoms. The van der Waals surface area contributed by atoms with E-state index in [0.717, 1.165) is 23.4 Å². The monoisotopic (exact) mass is 337 g/mol. The Hall–Kier alpha value is -1.85. The predicted octanol–water partition coefficient (Wildman–Crippen LogP) is 3.69. The van der Waals surface area contributed by atoms with Crippen LogP contribution in [-0.2, 0) is 4.79 Å². The first-order valence-corrected chi connectivity index (χ1v) is 7.53. The van der Waals surface area contributed by atoms with Crippen LogP contribution in [0.15, 0.2) is 28.7 Å². The van der Waals surface area contributed by atoms with Gasteiger partial charge in [0.25, 0.3) is 0 Å². The fraction of sp³-hybridized carbons (Fsp3) is 0.412. The summed E-state index contributed by atoms with van der Waals surface area (Å²) in [7, 11) is 0. The quantitative estimate of drug-likeness (QED) is 0.871. The summed E-state index contributed by atoms with van der Waals surface area (Å²) in [6, 6.07) is 6.91. The molecule has 3 N–H and O–H groups in total. The number of aromatic nitrogens is 1. The standard InChI is InChI=1S/C17H23N3O2.ClH/c1-5-10(2)15(18)16(21)20-14-8-6-7-13(9-14)17-19-11(3)12(4)22-17;/h6-10,15H,5,18H2,1-4H3,(H,20,21);1H. The average Bonchev–Trinajstić information content (AvgIpc) is 2.85. The van der Waals surface area contributed by atoms with Gasteiger partial charge in [-0.25, -0.2) is 4.98 Å². The Labute approximate surface area is 143 Å². The molecule has 0 saturated heterocycles. The summed E-state index contributed by atoms with van der Waals surface area (Å²) in [5, 5.41) is 2.86. The van der Waals surface area contributed by atoms with Crippen LogP contribution in [0.4, 0.5) is 5.69 Å². The Morgan fingerprint density at radius 2 is 2.09 bits per heavy atom. The fourth-order valence-corrected chi connectivity index (χ4v) is 2.06. The number of hydrogen-bond acceptors (Lipinski definition) is 4. The third-order valence-corrected chi connectivity index (χ3v) is 3.97. The number of aryl methyl sites for hydroxylation is 2. The van der Waals surface area contributed by atoms with Gasteiger partial charge in [-0.3, -0.25) is 4.79 Å². The zero-order valence-corrected chi connectivity index (χ0v) is 14.7. The normalized spacial score (nSPS) is 13.1. The maximum Gasteiger partial charge on any atom is 0.241 e. The second-order valence-corrected chi connectivity index (χ2v) is 5.64. The summed E-state index contributed by atoms with van der Waals surface area (Å²) in [6.45, 7) is 7.77. The third-order valence-electron chi connectivity index (χ3n) is 3.97. The van der Waals surface area contributed by atoms with Gasteiger partial charge in [-0.2, -0.15) is 0 Å². The van der Waals surface area contributed by atoms with Crippen molar-refractivity contribution < 1.29 is 9.21 Å². The number of halogens is 1. The highest BCUT2D eigenvalue weighted by molar-refractivity contribution is 5.95. The van der Waals surface area contributed by atoms with Crippen molar-refractivity contribution in [2.24, 2.45) is 11.7 Å². The molecule has 23 heavy (non-hydrogen) atoms. The van der Waals surface area contributed by atoms with E-state index in [4.69, 9.17) is 10.2 Å². The first-order chi connectivity index (χ1) is 10.4. The van der Waals surface area contributed by atoms with Crippen LogP contribution in [0.2, 0.25) is 0 Å². The molecule has 6 heteroatoms. The lowest BCUT2D eigenvalue weighted by Crippen LogP contribution is -2.40. The van der Waals surface area contributed by atoms with E-state index < -0.39 is 6.04 Å². The third kappa shape index (κ3) is 4.56. The van der Waals surface area contributed by atoms with Crippen molar-refractivity contribution in [2.75, 3.05) is 5.32 Å². The van der Waals surface area contributed by atoms with Crippen LogP contribution < -0.4 is 11.1 Å². The number of carbonyl (C=O) groups is 1. The van der Waals surface area contributed by atoms with E-state index in [-0.39, 0.29) is 24.2 Å². The number of carbonyl (C=O) groups excluding carboxylic acids is 1. The van der Waals surface area contributed by atoms with Crippen LogP contribution in [0.5, 0.6) is 0 Å². The van der Waals surface area contributed by atoms with Gasteiger partial charge in [0.15, 0.2) is 0 Å². The molecular weight excluding hydrogens is 314 g/mol. The first kappa shape index (κ1) is 19.2. The molecule has 2 unspecified atom stereocenters. The van der Waals surface area contributed by atoms with Gasteiger partial charge in [-0.05, 0) is 38.0 Å². The smallest absolute Gasteiger partial charge is 0.241 e. The molecule has 0 fully saturated rings. The van der Waals surface area contributed by atoms with Crippen molar-refractivity contribution >= 4 is 24.0 Å². The summed E-state index contributed by atoms with van der Waals surface area (Å²) in [4.78, 5) is 16.5. The number of hydrogen-bond donors (Lipinski definition) is 2. The number of benzene rings is 1. The van der Waals surface area contributed by atoms with Gasteiger partial charge >= 0.3 is 0 Å². The van der Waals surface area contributed by atoms with E-state index in [2.05, 4.69) is 10.3 Å². The molecule has 1 aromatic heterocycles. The molecule has 1 heterocycles. The number of nitrogens with two attached hydrogens (primary N) is 1. The van der Waals surface area contributed by atoms with E-state index >= 15 is 0 Å². The maximum absolute atomic E-state index is 12.1. The minimum Gasteiger partial charge on any atom is -0.441 e. The van der Waals surface area contributed by atoms with E-state index in [1.54, 1.807) is 0 Å². The number of amides is 1. The minimum absolute atomic E-state index is 0. The molecule has 0 saturated carbocycles. The summed E-state index contributed by atoms with van der Waals surface area (Å²) in [5.41, 5.74) is 8.33. The van der Waals surface area contributed by atoms with Gasteiger partial charge in [0.1, 0.15) is 5.76 Å². The van der Waals surface area contributed by atoms with Crippen LogP contribution in [0.3, 0.4) is 0 Å². The number of oxazole rings is 1. The Morgan fingerprint density at radius 3 is 2.65 bits per heavy atom. The van der Waals surface area contributed by atoms with Crippen molar-refractivity contribution in [3.63, 3.8) is 0 Å².